The minimum atomic E-state index is -1.16. The zero-order valence-electron chi connectivity index (χ0n) is 16.9. The van der Waals surface area contributed by atoms with E-state index in [0.29, 0.717) is 35.7 Å². The van der Waals surface area contributed by atoms with Gasteiger partial charge >= 0.3 is 0 Å². The number of phenolic OH excluding ortho intramolecular Hbond substituents is 1. The number of alkyl halides is 1. The minimum absolute atomic E-state index is 0.0694. The molecule has 1 fully saturated rings. The molecule has 0 spiro atoms. The van der Waals surface area contributed by atoms with E-state index < -0.39 is 12.1 Å². The number of hydrogen-bond donors (Lipinski definition) is 2. The number of likely N-dealkylation sites (N-methyl/N-ethyl adjacent to an activating group) is 1. The van der Waals surface area contributed by atoms with E-state index in [1.807, 2.05) is 37.2 Å². The Bertz CT molecular complexity index is 1090. The van der Waals surface area contributed by atoms with E-state index in [2.05, 4.69) is 15.2 Å². The Morgan fingerprint density at radius 3 is 2.87 bits per heavy atom. The molecule has 2 N–H and O–H groups in total. The number of carbonyl (C=O) groups is 1. The van der Waals surface area contributed by atoms with Crippen molar-refractivity contribution in [2.45, 2.75) is 12.1 Å². The summed E-state index contributed by atoms with van der Waals surface area (Å²) in [5.41, 5.74) is 2.36. The molecule has 0 bridgehead atoms. The van der Waals surface area contributed by atoms with E-state index in [1.165, 1.54) is 11.0 Å². The van der Waals surface area contributed by atoms with Gasteiger partial charge < -0.3 is 19.9 Å². The van der Waals surface area contributed by atoms with Crippen molar-refractivity contribution < 1.29 is 14.3 Å². The standard InChI is InChI=1S/C22H24FN5O2/c1-27(2)9-5-8-21(30)28-12-16(17(23)13-28)18-10-14-11-19(25-26-22(14)24-18)15-6-3-4-7-20(15)29/h3-8,10-11,16-17,29H,9,12-13H2,1-2H3,(H,24,26)/b8-5+/t16?,17-/m1/s1. The summed E-state index contributed by atoms with van der Waals surface area (Å²) in [5, 5.41) is 19.2. The highest BCUT2D eigenvalue weighted by Gasteiger charge is 2.36. The molecule has 1 aromatic carbocycles. The molecule has 30 heavy (non-hydrogen) atoms. The number of phenols is 1. The first kappa shape index (κ1) is 20.0. The normalized spacial score (nSPS) is 19.4. The zero-order chi connectivity index (χ0) is 21.3. The third-order valence-corrected chi connectivity index (χ3v) is 5.27. The molecule has 0 saturated carbocycles. The SMILES string of the molecule is CN(C)C/C=C/C(=O)N1CC(c2cc3cc(-c4ccccc4O)nnc3[nH]2)[C@H](F)C1. The molecular weight excluding hydrogens is 385 g/mol. The highest BCUT2D eigenvalue weighted by Crippen LogP contribution is 2.33. The van der Waals surface area contributed by atoms with Crippen molar-refractivity contribution in [2.75, 3.05) is 33.7 Å². The Kier molecular flexibility index (Phi) is 5.50. The number of nitrogens with one attached hydrogen (secondary N) is 1. The molecule has 1 amide bonds. The van der Waals surface area contributed by atoms with Crippen molar-refractivity contribution in [3.8, 4) is 17.0 Å². The van der Waals surface area contributed by atoms with E-state index in [1.54, 1.807) is 24.3 Å². The van der Waals surface area contributed by atoms with Gasteiger partial charge in [-0.2, -0.15) is 0 Å². The number of hydrogen-bond acceptors (Lipinski definition) is 5. The number of nitrogens with zero attached hydrogens (tertiary/aromatic N) is 4. The highest BCUT2D eigenvalue weighted by molar-refractivity contribution is 5.88. The summed E-state index contributed by atoms with van der Waals surface area (Å²) in [6.45, 7) is 1.03. The van der Waals surface area contributed by atoms with Crippen molar-refractivity contribution >= 4 is 16.9 Å². The molecular formula is C22H24FN5O2. The number of carbonyl (C=O) groups excluding carboxylic acids is 1. The quantitative estimate of drug-likeness (QED) is 0.633. The predicted molar refractivity (Wildman–Crippen MR) is 113 cm³/mol. The fourth-order valence-corrected chi connectivity index (χ4v) is 3.68. The van der Waals surface area contributed by atoms with Crippen LogP contribution < -0.4 is 0 Å². The van der Waals surface area contributed by atoms with Crippen LogP contribution in [0.3, 0.4) is 0 Å². The number of rotatable bonds is 5. The zero-order valence-corrected chi connectivity index (χ0v) is 16.9. The van der Waals surface area contributed by atoms with E-state index in [9.17, 15) is 14.3 Å². The van der Waals surface area contributed by atoms with Gasteiger partial charge in [0.2, 0.25) is 5.91 Å². The number of aromatic nitrogens is 3. The van der Waals surface area contributed by atoms with E-state index in [-0.39, 0.29) is 18.2 Å². The lowest BCUT2D eigenvalue weighted by Crippen LogP contribution is -2.27. The number of para-hydroxylation sites is 1. The van der Waals surface area contributed by atoms with Crippen LogP contribution in [0.1, 0.15) is 11.6 Å². The molecule has 1 saturated heterocycles. The first-order chi connectivity index (χ1) is 14.4. The summed E-state index contributed by atoms with van der Waals surface area (Å²) >= 11 is 0. The molecule has 4 rings (SSSR count). The maximum absolute atomic E-state index is 14.7. The fourth-order valence-electron chi connectivity index (χ4n) is 3.68. The van der Waals surface area contributed by atoms with Crippen LogP contribution in [0.25, 0.3) is 22.3 Å². The van der Waals surface area contributed by atoms with Crippen LogP contribution in [0.15, 0.2) is 48.6 Å². The van der Waals surface area contributed by atoms with Crippen molar-refractivity contribution in [1.29, 1.82) is 0 Å². The number of halogens is 1. The van der Waals surface area contributed by atoms with Gasteiger partial charge in [-0.3, -0.25) is 4.79 Å². The summed E-state index contributed by atoms with van der Waals surface area (Å²) in [4.78, 5) is 19.0. The lowest BCUT2D eigenvalue weighted by atomic mass is 10.0. The lowest BCUT2D eigenvalue weighted by molar-refractivity contribution is -0.125. The van der Waals surface area contributed by atoms with E-state index in [0.717, 1.165) is 5.39 Å². The Morgan fingerprint density at radius 2 is 2.10 bits per heavy atom. The number of amides is 1. The molecule has 1 aliphatic heterocycles. The van der Waals surface area contributed by atoms with Crippen LogP contribution in [0.2, 0.25) is 0 Å². The first-order valence-corrected chi connectivity index (χ1v) is 9.81. The second-order valence-corrected chi connectivity index (χ2v) is 7.81. The Morgan fingerprint density at radius 1 is 1.30 bits per heavy atom. The van der Waals surface area contributed by atoms with Crippen LogP contribution in [0.4, 0.5) is 4.39 Å². The van der Waals surface area contributed by atoms with Crippen molar-refractivity contribution in [2.24, 2.45) is 0 Å². The molecule has 156 valence electrons. The molecule has 7 nitrogen and oxygen atoms in total. The van der Waals surface area contributed by atoms with Crippen LogP contribution >= 0.6 is 0 Å². The summed E-state index contributed by atoms with van der Waals surface area (Å²) in [7, 11) is 3.84. The largest absolute Gasteiger partial charge is 0.507 e. The molecule has 8 heteroatoms. The number of aromatic amines is 1. The third-order valence-electron chi connectivity index (χ3n) is 5.27. The van der Waals surface area contributed by atoms with Crippen LogP contribution in [0, 0.1) is 0 Å². The Labute approximate surface area is 173 Å². The Hall–Kier alpha value is -3.26. The molecule has 3 heterocycles. The smallest absolute Gasteiger partial charge is 0.246 e. The number of likely N-dealkylation sites (tertiary alicyclic amines) is 1. The van der Waals surface area contributed by atoms with Crippen LogP contribution in [-0.4, -0.2) is 75.9 Å². The lowest BCUT2D eigenvalue weighted by Gasteiger charge is -2.13. The fraction of sp³-hybridized carbons (Fsp3) is 0.318. The molecule has 0 radical (unpaired) electrons. The number of aromatic hydroxyl groups is 1. The van der Waals surface area contributed by atoms with E-state index in [4.69, 9.17) is 0 Å². The molecule has 2 aromatic heterocycles. The first-order valence-electron chi connectivity index (χ1n) is 9.81. The maximum Gasteiger partial charge on any atom is 0.246 e. The number of H-pyrrole nitrogens is 1. The van der Waals surface area contributed by atoms with Crippen molar-refractivity contribution in [3.63, 3.8) is 0 Å². The monoisotopic (exact) mass is 409 g/mol. The van der Waals surface area contributed by atoms with E-state index >= 15 is 0 Å². The van der Waals surface area contributed by atoms with Gasteiger partial charge in [0.05, 0.1) is 12.2 Å². The summed E-state index contributed by atoms with van der Waals surface area (Å²) in [5.74, 6) is -0.503. The van der Waals surface area contributed by atoms with Gasteiger partial charge in [-0.25, -0.2) is 4.39 Å². The highest BCUT2D eigenvalue weighted by atomic mass is 19.1. The van der Waals surface area contributed by atoms with Crippen LogP contribution in [-0.2, 0) is 4.79 Å². The van der Waals surface area contributed by atoms with Crippen molar-refractivity contribution in [1.82, 2.24) is 25.0 Å². The molecule has 3 aromatic rings. The third kappa shape index (κ3) is 4.04. The molecule has 1 unspecified atom stereocenters. The summed E-state index contributed by atoms with van der Waals surface area (Å²) in [6, 6.07) is 10.6. The predicted octanol–water partition coefficient (Wildman–Crippen LogP) is 2.71. The van der Waals surface area contributed by atoms with Gasteiger partial charge in [-0.05, 0) is 38.4 Å². The second kappa shape index (κ2) is 8.23. The second-order valence-electron chi connectivity index (χ2n) is 7.81. The van der Waals surface area contributed by atoms with Crippen LogP contribution in [0.5, 0.6) is 5.75 Å². The number of fused-ring (bicyclic) bond motifs is 1. The average Bonchev–Trinajstić information content (AvgIpc) is 3.30. The van der Waals surface area contributed by atoms with Crippen molar-refractivity contribution in [3.05, 3.63) is 54.2 Å². The molecule has 0 aliphatic carbocycles. The van der Waals surface area contributed by atoms with Gasteiger partial charge in [-0.15, -0.1) is 10.2 Å². The van der Waals surface area contributed by atoms with Gasteiger partial charge in [0, 0.05) is 41.7 Å². The maximum atomic E-state index is 14.7. The van der Waals surface area contributed by atoms with Gasteiger partial charge in [0.1, 0.15) is 11.9 Å². The average molecular weight is 409 g/mol. The van der Waals surface area contributed by atoms with Gasteiger partial charge in [0.15, 0.2) is 5.65 Å². The number of benzene rings is 1. The minimum Gasteiger partial charge on any atom is -0.507 e. The summed E-state index contributed by atoms with van der Waals surface area (Å²) in [6.07, 6.45) is 2.13. The topological polar surface area (TPSA) is 85.3 Å². The summed E-state index contributed by atoms with van der Waals surface area (Å²) < 4.78 is 14.7. The molecule has 2 atom stereocenters. The Balaban J connectivity index is 1.54. The molecule has 1 aliphatic rings. The van der Waals surface area contributed by atoms with Gasteiger partial charge in [-0.1, -0.05) is 18.2 Å². The van der Waals surface area contributed by atoms with Gasteiger partial charge in [0.25, 0.3) is 0 Å².